The number of carbonyl (C=O) groups excluding carboxylic acids is 1. The average molecular weight is 345 g/mol. The van der Waals surface area contributed by atoms with Crippen LogP contribution in [0.4, 0.5) is 0 Å². The van der Waals surface area contributed by atoms with Gasteiger partial charge in [0.15, 0.2) is 0 Å². The molecular formula is C12H13BrN2O3S. The summed E-state index contributed by atoms with van der Waals surface area (Å²) in [6.45, 7) is 5.48. The monoisotopic (exact) mass is 344 g/mol. The molecule has 0 saturated carbocycles. The molecule has 0 aliphatic heterocycles. The Bertz CT molecular complexity index is 591. The Hall–Kier alpha value is -1.21. The van der Waals surface area contributed by atoms with Gasteiger partial charge in [-0.05, 0) is 48.8 Å². The summed E-state index contributed by atoms with van der Waals surface area (Å²) >= 11 is 4.88. The molecule has 0 aromatic carbocycles. The van der Waals surface area contributed by atoms with E-state index in [9.17, 15) is 4.79 Å². The summed E-state index contributed by atoms with van der Waals surface area (Å²) < 4.78 is 11.2. The Kier molecular flexibility index (Phi) is 4.05. The zero-order valence-electron chi connectivity index (χ0n) is 10.8. The van der Waals surface area contributed by atoms with Gasteiger partial charge in [0.2, 0.25) is 11.7 Å². The zero-order valence-corrected chi connectivity index (χ0v) is 13.2. The summed E-state index contributed by atoms with van der Waals surface area (Å²) in [5, 5.41) is 3.90. The van der Waals surface area contributed by atoms with E-state index in [2.05, 4.69) is 26.1 Å². The Labute approximate surface area is 123 Å². The van der Waals surface area contributed by atoms with E-state index in [0.29, 0.717) is 12.4 Å². The normalized spacial score (nSPS) is 11.6. The molecule has 19 heavy (non-hydrogen) atoms. The van der Waals surface area contributed by atoms with Crippen molar-refractivity contribution >= 4 is 33.2 Å². The van der Waals surface area contributed by atoms with E-state index in [1.807, 2.05) is 12.1 Å². The summed E-state index contributed by atoms with van der Waals surface area (Å²) in [5.74, 6) is 0.353. The average Bonchev–Trinajstić information content (AvgIpc) is 2.97. The number of ether oxygens (including phenoxy) is 1. The molecule has 2 aromatic rings. The first kappa shape index (κ1) is 14.2. The van der Waals surface area contributed by atoms with Gasteiger partial charge in [-0.25, -0.2) is 0 Å². The van der Waals surface area contributed by atoms with Crippen molar-refractivity contribution in [1.29, 1.82) is 0 Å². The fraction of sp³-hybridized carbons (Fsp3) is 0.417. The van der Waals surface area contributed by atoms with Crippen molar-refractivity contribution in [3.63, 3.8) is 0 Å². The Balaban J connectivity index is 2.28. The predicted molar refractivity (Wildman–Crippen MR) is 75.0 cm³/mol. The van der Waals surface area contributed by atoms with Gasteiger partial charge in [-0.2, -0.15) is 4.98 Å². The lowest BCUT2D eigenvalue weighted by Gasteiger charge is -2.16. The quantitative estimate of drug-likeness (QED) is 0.795. The first-order valence-corrected chi connectivity index (χ1v) is 7.33. The highest BCUT2D eigenvalue weighted by molar-refractivity contribution is 9.11. The lowest BCUT2D eigenvalue weighted by atomic mass is 9.94. The van der Waals surface area contributed by atoms with E-state index >= 15 is 0 Å². The van der Waals surface area contributed by atoms with Gasteiger partial charge < -0.3 is 9.26 Å². The van der Waals surface area contributed by atoms with Crippen molar-refractivity contribution < 1.29 is 14.1 Å². The fourth-order valence-electron chi connectivity index (χ4n) is 1.41. The van der Waals surface area contributed by atoms with Crippen molar-refractivity contribution in [2.45, 2.75) is 26.2 Å². The molecule has 102 valence electrons. The smallest absolute Gasteiger partial charge is 0.321 e. The van der Waals surface area contributed by atoms with Gasteiger partial charge >= 0.3 is 5.97 Å². The number of esters is 1. The maximum Gasteiger partial charge on any atom is 0.321 e. The fourth-order valence-corrected chi connectivity index (χ4v) is 2.72. The standard InChI is InChI=1S/C12H13BrN2O3S/c1-4-17-11(16)12(2,3)10-14-9(15-18-10)7-5-6-8(13)19-7/h5-6H,4H2,1-3H3. The molecule has 2 aromatic heterocycles. The third kappa shape index (κ3) is 2.87. The van der Waals surface area contributed by atoms with Crippen LogP contribution in [0.2, 0.25) is 0 Å². The van der Waals surface area contributed by atoms with Crippen LogP contribution in [0, 0.1) is 0 Å². The van der Waals surface area contributed by atoms with E-state index in [1.165, 1.54) is 11.3 Å². The summed E-state index contributed by atoms with van der Waals surface area (Å²) in [6, 6.07) is 3.80. The number of carbonyl (C=O) groups is 1. The van der Waals surface area contributed by atoms with Crippen LogP contribution in [0.3, 0.4) is 0 Å². The van der Waals surface area contributed by atoms with Crippen molar-refractivity contribution in [2.75, 3.05) is 6.61 Å². The number of hydrogen-bond donors (Lipinski definition) is 0. The summed E-state index contributed by atoms with van der Waals surface area (Å²) in [4.78, 5) is 17.0. The van der Waals surface area contributed by atoms with Crippen LogP contribution in [0.5, 0.6) is 0 Å². The molecular weight excluding hydrogens is 332 g/mol. The largest absolute Gasteiger partial charge is 0.465 e. The molecule has 0 atom stereocenters. The second-order valence-electron chi connectivity index (χ2n) is 4.37. The van der Waals surface area contributed by atoms with Crippen molar-refractivity contribution in [2.24, 2.45) is 0 Å². The Morgan fingerprint density at radius 2 is 2.26 bits per heavy atom. The van der Waals surface area contributed by atoms with Gasteiger partial charge in [-0.15, -0.1) is 11.3 Å². The van der Waals surface area contributed by atoms with Crippen molar-refractivity contribution in [3.05, 3.63) is 21.8 Å². The SMILES string of the molecule is CCOC(=O)C(C)(C)c1nc(-c2ccc(Br)s2)no1. The summed E-state index contributed by atoms with van der Waals surface area (Å²) in [7, 11) is 0. The molecule has 0 bridgehead atoms. The molecule has 7 heteroatoms. The molecule has 5 nitrogen and oxygen atoms in total. The first-order valence-electron chi connectivity index (χ1n) is 5.72. The lowest BCUT2D eigenvalue weighted by molar-refractivity contribution is -0.149. The van der Waals surface area contributed by atoms with Crippen LogP contribution >= 0.6 is 27.3 Å². The highest BCUT2D eigenvalue weighted by atomic mass is 79.9. The second kappa shape index (κ2) is 5.42. The molecule has 0 radical (unpaired) electrons. The van der Waals surface area contributed by atoms with Gasteiger partial charge in [-0.1, -0.05) is 5.16 Å². The number of rotatable bonds is 4. The number of thiophene rings is 1. The summed E-state index contributed by atoms with van der Waals surface area (Å²) in [6.07, 6.45) is 0. The minimum atomic E-state index is -0.949. The molecule has 0 spiro atoms. The van der Waals surface area contributed by atoms with Gasteiger partial charge in [0.1, 0.15) is 5.41 Å². The molecule has 0 unspecified atom stereocenters. The molecule has 0 saturated heterocycles. The van der Waals surface area contributed by atoms with Crippen LogP contribution in [0.15, 0.2) is 20.4 Å². The minimum absolute atomic E-state index is 0.255. The highest BCUT2D eigenvalue weighted by Crippen LogP contribution is 2.31. The van der Waals surface area contributed by atoms with Crippen LogP contribution in [0.25, 0.3) is 10.7 Å². The number of halogens is 1. The van der Waals surface area contributed by atoms with Crippen molar-refractivity contribution in [1.82, 2.24) is 10.1 Å². The van der Waals surface area contributed by atoms with Gasteiger partial charge in [0, 0.05) is 0 Å². The third-order valence-electron chi connectivity index (χ3n) is 2.54. The number of aromatic nitrogens is 2. The van der Waals surface area contributed by atoms with E-state index in [1.54, 1.807) is 20.8 Å². The molecule has 0 N–H and O–H groups in total. The number of nitrogens with zero attached hydrogens (tertiary/aromatic N) is 2. The van der Waals surface area contributed by atoms with Gasteiger partial charge in [0.25, 0.3) is 0 Å². The van der Waals surface area contributed by atoms with Gasteiger partial charge in [0.05, 0.1) is 15.3 Å². The molecule has 2 heterocycles. The van der Waals surface area contributed by atoms with E-state index in [0.717, 1.165) is 8.66 Å². The minimum Gasteiger partial charge on any atom is -0.465 e. The van der Waals surface area contributed by atoms with E-state index in [-0.39, 0.29) is 11.9 Å². The predicted octanol–water partition coefficient (Wildman–Crippen LogP) is 3.40. The Morgan fingerprint density at radius 1 is 1.53 bits per heavy atom. The number of hydrogen-bond acceptors (Lipinski definition) is 6. The molecule has 0 fully saturated rings. The first-order chi connectivity index (χ1) is 8.95. The third-order valence-corrected chi connectivity index (χ3v) is 4.16. The van der Waals surface area contributed by atoms with Gasteiger partial charge in [-0.3, -0.25) is 4.79 Å². The lowest BCUT2D eigenvalue weighted by Crippen LogP contribution is -2.31. The van der Waals surface area contributed by atoms with Crippen LogP contribution < -0.4 is 0 Å². The van der Waals surface area contributed by atoms with Crippen LogP contribution in [0.1, 0.15) is 26.7 Å². The molecule has 2 rings (SSSR count). The highest BCUT2D eigenvalue weighted by Gasteiger charge is 2.37. The molecule has 0 aliphatic carbocycles. The second-order valence-corrected chi connectivity index (χ2v) is 6.84. The summed E-state index contributed by atoms with van der Waals surface area (Å²) in [5.41, 5.74) is -0.949. The molecule has 0 amide bonds. The Morgan fingerprint density at radius 3 is 2.84 bits per heavy atom. The van der Waals surface area contributed by atoms with Crippen molar-refractivity contribution in [3.8, 4) is 10.7 Å². The maximum absolute atomic E-state index is 11.9. The van der Waals surface area contributed by atoms with E-state index < -0.39 is 5.41 Å². The van der Waals surface area contributed by atoms with E-state index in [4.69, 9.17) is 9.26 Å². The zero-order chi connectivity index (χ0) is 14.0. The maximum atomic E-state index is 11.9. The molecule has 0 aliphatic rings. The van der Waals surface area contributed by atoms with Crippen LogP contribution in [-0.4, -0.2) is 22.7 Å². The van der Waals surface area contributed by atoms with Crippen LogP contribution in [-0.2, 0) is 14.9 Å². The topological polar surface area (TPSA) is 65.2 Å².